The van der Waals surface area contributed by atoms with Crippen molar-refractivity contribution in [3.05, 3.63) is 53.8 Å². The fourth-order valence-electron chi connectivity index (χ4n) is 1.65. The van der Waals surface area contributed by atoms with Crippen molar-refractivity contribution in [1.29, 1.82) is 0 Å². The van der Waals surface area contributed by atoms with E-state index in [-0.39, 0.29) is 16.7 Å². The summed E-state index contributed by atoms with van der Waals surface area (Å²) in [6.07, 6.45) is 1.40. The van der Waals surface area contributed by atoms with Crippen molar-refractivity contribution in [2.75, 3.05) is 0 Å². The Morgan fingerprint density at radius 1 is 1.20 bits per heavy atom. The number of phenolic OH excluding ortho intramolecular Hbond substituents is 1. The number of nitrogens with two attached hydrogens (primary N) is 1. The SMILES string of the molecule is NC(=S)NN=Cc1cc(-c2ccc(F)cc2)ccc1O. The van der Waals surface area contributed by atoms with Gasteiger partial charge in [-0.3, -0.25) is 5.43 Å². The number of thiocarbonyl (C=S) groups is 1. The van der Waals surface area contributed by atoms with Gasteiger partial charge in [-0.05, 0) is 47.6 Å². The third kappa shape index (κ3) is 3.52. The van der Waals surface area contributed by atoms with Crippen molar-refractivity contribution in [1.82, 2.24) is 5.43 Å². The van der Waals surface area contributed by atoms with Crippen LogP contribution in [0.1, 0.15) is 5.56 Å². The first-order valence-corrected chi connectivity index (χ1v) is 6.14. The second-order valence-corrected chi connectivity index (χ2v) is 4.45. The smallest absolute Gasteiger partial charge is 0.184 e. The third-order valence-corrected chi connectivity index (χ3v) is 2.67. The molecule has 0 heterocycles. The van der Waals surface area contributed by atoms with Crippen LogP contribution in [0, 0.1) is 5.82 Å². The van der Waals surface area contributed by atoms with E-state index in [9.17, 15) is 9.50 Å². The lowest BCUT2D eigenvalue weighted by Gasteiger charge is -2.05. The van der Waals surface area contributed by atoms with Gasteiger partial charge in [0.1, 0.15) is 11.6 Å². The van der Waals surface area contributed by atoms with Crippen LogP contribution in [0.4, 0.5) is 4.39 Å². The number of halogens is 1. The monoisotopic (exact) mass is 289 g/mol. The normalized spacial score (nSPS) is 10.7. The molecule has 0 radical (unpaired) electrons. The van der Waals surface area contributed by atoms with Crippen molar-refractivity contribution < 1.29 is 9.50 Å². The Balaban J connectivity index is 2.30. The van der Waals surface area contributed by atoms with Crippen LogP contribution < -0.4 is 11.2 Å². The van der Waals surface area contributed by atoms with E-state index in [1.165, 1.54) is 18.3 Å². The lowest BCUT2D eigenvalue weighted by Crippen LogP contribution is -2.23. The lowest BCUT2D eigenvalue weighted by molar-refractivity contribution is 0.474. The summed E-state index contributed by atoms with van der Waals surface area (Å²) in [5.74, 6) is -0.223. The van der Waals surface area contributed by atoms with Crippen molar-refractivity contribution in [3.8, 4) is 16.9 Å². The van der Waals surface area contributed by atoms with Gasteiger partial charge in [-0.2, -0.15) is 5.10 Å². The maximum Gasteiger partial charge on any atom is 0.184 e. The van der Waals surface area contributed by atoms with E-state index < -0.39 is 0 Å². The summed E-state index contributed by atoms with van der Waals surface area (Å²) in [5.41, 5.74) is 9.81. The number of aromatic hydroxyl groups is 1. The molecule has 0 saturated heterocycles. The summed E-state index contributed by atoms with van der Waals surface area (Å²) in [7, 11) is 0. The van der Waals surface area contributed by atoms with Crippen LogP contribution in [-0.2, 0) is 0 Å². The van der Waals surface area contributed by atoms with Crippen LogP contribution in [-0.4, -0.2) is 16.4 Å². The highest BCUT2D eigenvalue weighted by atomic mass is 32.1. The van der Waals surface area contributed by atoms with Gasteiger partial charge in [0, 0.05) is 5.56 Å². The quantitative estimate of drug-likeness (QED) is 0.461. The van der Waals surface area contributed by atoms with Gasteiger partial charge in [-0.15, -0.1) is 0 Å². The zero-order chi connectivity index (χ0) is 14.5. The standard InChI is InChI=1S/C14H12FN3OS/c15-12-4-1-9(2-5-12)10-3-6-13(19)11(7-10)8-17-18-14(16)20/h1-8,19H,(H3,16,18,20). The molecule has 0 aliphatic carbocycles. The lowest BCUT2D eigenvalue weighted by atomic mass is 10.0. The highest BCUT2D eigenvalue weighted by molar-refractivity contribution is 7.80. The van der Waals surface area contributed by atoms with Gasteiger partial charge in [0.05, 0.1) is 6.21 Å². The summed E-state index contributed by atoms with van der Waals surface area (Å²) < 4.78 is 12.9. The van der Waals surface area contributed by atoms with Crippen molar-refractivity contribution in [3.63, 3.8) is 0 Å². The summed E-state index contributed by atoms with van der Waals surface area (Å²) in [6.45, 7) is 0. The minimum atomic E-state index is -0.296. The van der Waals surface area contributed by atoms with E-state index in [0.29, 0.717) is 5.56 Å². The summed E-state index contributed by atoms with van der Waals surface area (Å²) >= 11 is 4.61. The fraction of sp³-hybridized carbons (Fsp3) is 0. The van der Waals surface area contributed by atoms with Crippen LogP contribution in [0.3, 0.4) is 0 Å². The van der Waals surface area contributed by atoms with E-state index >= 15 is 0 Å². The van der Waals surface area contributed by atoms with Gasteiger partial charge in [0.2, 0.25) is 0 Å². The molecule has 2 rings (SSSR count). The number of hydrazone groups is 1. The average Bonchev–Trinajstić information content (AvgIpc) is 2.41. The van der Waals surface area contributed by atoms with Crippen LogP contribution >= 0.6 is 12.2 Å². The molecule has 0 fully saturated rings. The third-order valence-electron chi connectivity index (χ3n) is 2.58. The molecule has 0 unspecified atom stereocenters. The number of hydrogen-bond acceptors (Lipinski definition) is 3. The Hall–Kier alpha value is -2.47. The topological polar surface area (TPSA) is 70.6 Å². The Morgan fingerprint density at radius 2 is 1.85 bits per heavy atom. The summed E-state index contributed by atoms with van der Waals surface area (Å²) in [5, 5.41) is 13.6. The summed E-state index contributed by atoms with van der Waals surface area (Å²) in [4.78, 5) is 0. The van der Waals surface area contributed by atoms with Gasteiger partial charge in [-0.1, -0.05) is 18.2 Å². The van der Waals surface area contributed by atoms with E-state index in [4.69, 9.17) is 5.73 Å². The van der Waals surface area contributed by atoms with E-state index in [1.54, 1.807) is 30.3 Å². The maximum absolute atomic E-state index is 12.9. The van der Waals surface area contributed by atoms with Gasteiger partial charge >= 0.3 is 0 Å². The van der Waals surface area contributed by atoms with Crippen molar-refractivity contribution >= 4 is 23.5 Å². The van der Waals surface area contributed by atoms with Gasteiger partial charge in [-0.25, -0.2) is 4.39 Å². The largest absolute Gasteiger partial charge is 0.507 e. The Kier molecular flexibility index (Phi) is 4.27. The number of nitrogens with one attached hydrogen (secondary N) is 1. The average molecular weight is 289 g/mol. The highest BCUT2D eigenvalue weighted by Gasteiger charge is 2.03. The molecule has 2 aromatic carbocycles. The Labute approximate surface area is 120 Å². The second kappa shape index (κ2) is 6.12. The molecule has 2 aromatic rings. The van der Waals surface area contributed by atoms with Gasteiger partial charge in [0.25, 0.3) is 0 Å². The van der Waals surface area contributed by atoms with Crippen LogP contribution in [0.25, 0.3) is 11.1 Å². The first-order valence-electron chi connectivity index (χ1n) is 5.74. The molecule has 4 nitrogen and oxygen atoms in total. The molecule has 0 bridgehead atoms. The predicted octanol–water partition coefficient (Wildman–Crippen LogP) is 2.37. The highest BCUT2D eigenvalue weighted by Crippen LogP contribution is 2.25. The molecule has 0 aliphatic heterocycles. The first kappa shape index (κ1) is 14.0. The summed E-state index contributed by atoms with van der Waals surface area (Å²) in [6, 6.07) is 11.1. The maximum atomic E-state index is 12.9. The number of nitrogens with zero attached hydrogens (tertiary/aromatic N) is 1. The van der Waals surface area contributed by atoms with Crippen molar-refractivity contribution in [2.45, 2.75) is 0 Å². The van der Waals surface area contributed by atoms with E-state index in [2.05, 4.69) is 22.7 Å². The molecular weight excluding hydrogens is 277 g/mol. The zero-order valence-electron chi connectivity index (χ0n) is 10.4. The van der Waals surface area contributed by atoms with Crippen LogP contribution in [0.15, 0.2) is 47.6 Å². The molecule has 20 heavy (non-hydrogen) atoms. The Bertz CT molecular complexity index is 656. The molecule has 6 heteroatoms. The predicted molar refractivity (Wildman–Crippen MR) is 81.0 cm³/mol. The van der Waals surface area contributed by atoms with Crippen LogP contribution in [0.2, 0.25) is 0 Å². The number of phenols is 1. The molecule has 4 N–H and O–H groups in total. The number of rotatable bonds is 3. The molecule has 102 valence electrons. The molecule has 0 saturated carbocycles. The second-order valence-electron chi connectivity index (χ2n) is 4.01. The zero-order valence-corrected chi connectivity index (χ0v) is 11.2. The molecule has 0 atom stereocenters. The van der Waals surface area contributed by atoms with E-state index in [1.807, 2.05) is 0 Å². The minimum Gasteiger partial charge on any atom is -0.507 e. The molecule has 0 spiro atoms. The molecule has 0 amide bonds. The van der Waals surface area contributed by atoms with Crippen molar-refractivity contribution in [2.24, 2.45) is 10.8 Å². The first-order chi connectivity index (χ1) is 9.56. The van der Waals surface area contributed by atoms with Gasteiger partial charge in [0.15, 0.2) is 5.11 Å². The fourth-order valence-corrected chi connectivity index (χ4v) is 1.70. The number of hydrogen-bond donors (Lipinski definition) is 3. The van der Waals surface area contributed by atoms with Crippen LogP contribution in [0.5, 0.6) is 5.75 Å². The number of benzene rings is 2. The molecule has 0 aromatic heterocycles. The molecular formula is C14H12FN3OS. The van der Waals surface area contributed by atoms with Gasteiger partial charge < -0.3 is 10.8 Å². The minimum absolute atomic E-state index is 0.0374. The molecule has 0 aliphatic rings. The van der Waals surface area contributed by atoms with E-state index in [0.717, 1.165) is 11.1 Å². The Morgan fingerprint density at radius 3 is 2.50 bits per heavy atom.